The lowest BCUT2D eigenvalue weighted by Crippen LogP contribution is -2.51. The molecule has 1 aliphatic heterocycles. The first-order valence-corrected chi connectivity index (χ1v) is 19.9. The molecule has 2 aromatic carbocycles. The Hall–Kier alpha value is -5.78. The minimum atomic E-state index is -0.677. The first-order chi connectivity index (χ1) is 27.2. The summed E-state index contributed by atoms with van der Waals surface area (Å²) >= 11 is 0. The van der Waals surface area contributed by atoms with Crippen LogP contribution in [0.5, 0.6) is 0 Å². The van der Waals surface area contributed by atoms with Crippen LogP contribution in [0.1, 0.15) is 94.4 Å². The summed E-state index contributed by atoms with van der Waals surface area (Å²) in [5.74, 6) is 1.46. The summed E-state index contributed by atoms with van der Waals surface area (Å²) in [4.78, 5) is 61.9. The van der Waals surface area contributed by atoms with Crippen molar-refractivity contribution in [1.82, 2.24) is 40.5 Å². The Labute approximate surface area is 327 Å². The van der Waals surface area contributed by atoms with Gasteiger partial charge in [0.25, 0.3) is 0 Å². The number of rotatable bonds is 11. The molecule has 3 aliphatic rings. The average Bonchev–Trinajstić information content (AvgIpc) is 3.62. The Morgan fingerprint density at radius 2 is 1.43 bits per heavy atom. The van der Waals surface area contributed by atoms with Gasteiger partial charge < -0.3 is 30.2 Å². The number of likely N-dealkylation sites (tertiary alicyclic amines) is 1. The maximum atomic E-state index is 13.7. The van der Waals surface area contributed by atoms with E-state index in [0.29, 0.717) is 6.54 Å². The van der Waals surface area contributed by atoms with Gasteiger partial charge in [-0.2, -0.15) is 0 Å². The molecule has 2 saturated carbocycles. The number of carbonyl (C=O) groups excluding carboxylic acids is 3. The molecule has 0 radical (unpaired) electrons. The normalized spacial score (nSPS) is 20.7. The van der Waals surface area contributed by atoms with Crippen LogP contribution in [-0.2, 0) is 19.9 Å². The number of hydrogen-bond acceptors (Lipinski definition) is 7. The smallest absolute Gasteiger partial charge is 0.407 e. The van der Waals surface area contributed by atoms with Gasteiger partial charge in [0.2, 0.25) is 11.8 Å². The number of ether oxygens (including phenoxy) is 1. The van der Waals surface area contributed by atoms with E-state index in [1.165, 1.54) is 7.11 Å². The minimum Gasteiger partial charge on any atom is -0.453 e. The predicted octanol–water partition coefficient (Wildman–Crippen LogP) is 7.65. The van der Waals surface area contributed by atoms with Crippen molar-refractivity contribution in [2.45, 2.75) is 88.8 Å². The van der Waals surface area contributed by atoms with E-state index in [-0.39, 0.29) is 41.1 Å². The van der Waals surface area contributed by atoms with Crippen LogP contribution in [0.15, 0.2) is 85.5 Å². The Bertz CT molecular complexity index is 2160. The van der Waals surface area contributed by atoms with Gasteiger partial charge in [-0.05, 0) is 78.3 Å². The zero-order chi connectivity index (χ0) is 38.8. The fraction of sp³-hybridized carbons (Fsp3) is 0.409. The van der Waals surface area contributed by atoms with Crippen molar-refractivity contribution in [3.8, 4) is 33.6 Å². The second-order valence-corrected chi connectivity index (χ2v) is 15.9. The average molecular weight is 755 g/mol. The number of pyridine rings is 1. The highest BCUT2D eigenvalue weighted by atomic mass is 16.5. The third-order valence-electron chi connectivity index (χ3n) is 11.9. The summed E-state index contributed by atoms with van der Waals surface area (Å²) in [6.45, 7) is 4.42. The van der Waals surface area contributed by atoms with Gasteiger partial charge in [0.1, 0.15) is 17.7 Å². The second kappa shape index (κ2) is 15.8. The van der Waals surface area contributed by atoms with Gasteiger partial charge >= 0.3 is 6.09 Å². The third-order valence-corrected chi connectivity index (χ3v) is 11.9. The minimum absolute atomic E-state index is 0.0538. The van der Waals surface area contributed by atoms with E-state index in [2.05, 4.69) is 85.2 Å². The molecular weight excluding hydrogens is 705 g/mol. The molecule has 3 amide bonds. The molecule has 4 N–H and O–H groups in total. The fourth-order valence-electron chi connectivity index (χ4n) is 8.56. The SMILES string of the molecule is COC(=O)NC(C(=O)N1CCC[C@H]1c1ncc(-c2ccc(-c3ccc(-c4cnc([C@H]5CCCC[C@@H]5C(=O)NC5(c6cccnc6)CC5)[nH]4)cc3)cc2)[nH]1)C(C)C. The van der Waals surface area contributed by atoms with Gasteiger partial charge in [0.15, 0.2) is 0 Å². The summed E-state index contributed by atoms with van der Waals surface area (Å²) in [6.07, 6.45) is 14.2. The maximum Gasteiger partial charge on any atom is 0.407 e. The number of methoxy groups -OCH3 is 1. The van der Waals surface area contributed by atoms with Crippen LogP contribution in [0.2, 0.25) is 0 Å². The number of aromatic nitrogens is 5. The lowest BCUT2D eigenvalue weighted by molar-refractivity contribution is -0.135. The molecule has 56 heavy (non-hydrogen) atoms. The summed E-state index contributed by atoms with van der Waals surface area (Å²) in [7, 11) is 1.30. The highest BCUT2D eigenvalue weighted by Gasteiger charge is 2.48. The van der Waals surface area contributed by atoms with Crippen molar-refractivity contribution in [3.63, 3.8) is 0 Å². The van der Waals surface area contributed by atoms with Gasteiger partial charge in [0.05, 0.1) is 42.5 Å². The summed E-state index contributed by atoms with van der Waals surface area (Å²) in [5.41, 5.74) is 6.85. The van der Waals surface area contributed by atoms with E-state index in [4.69, 9.17) is 9.72 Å². The third kappa shape index (κ3) is 7.56. The van der Waals surface area contributed by atoms with Gasteiger partial charge in [-0.1, -0.05) is 81.3 Å². The van der Waals surface area contributed by atoms with Gasteiger partial charge in [-0.25, -0.2) is 14.8 Å². The molecule has 4 atom stereocenters. The lowest BCUT2D eigenvalue weighted by Gasteiger charge is -2.31. The van der Waals surface area contributed by atoms with Crippen molar-refractivity contribution in [3.05, 3.63) is 103 Å². The fourth-order valence-corrected chi connectivity index (χ4v) is 8.56. The highest BCUT2D eigenvalue weighted by Crippen LogP contribution is 2.47. The molecule has 3 fully saturated rings. The number of imidazole rings is 2. The molecule has 290 valence electrons. The Morgan fingerprint density at radius 1 is 0.804 bits per heavy atom. The van der Waals surface area contributed by atoms with Gasteiger partial charge in [0, 0.05) is 30.8 Å². The Balaban J connectivity index is 0.913. The topological polar surface area (TPSA) is 158 Å². The van der Waals surface area contributed by atoms with Crippen LogP contribution in [0.3, 0.4) is 0 Å². The van der Waals surface area contributed by atoms with Crippen LogP contribution in [0.25, 0.3) is 33.6 Å². The van der Waals surface area contributed by atoms with Gasteiger partial charge in [-0.3, -0.25) is 14.6 Å². The first kappa shape index (κ1) is 37.2. The predicted molar refractivity (Wildman–Crippen MR) is 213 cm³/mol. The van der Waals surface area contributed by atoms with Crippen molar-refractivity contribution >= 4 is 17.9 Å². The molecule has 1 unspecified atom stereocenters. The van der Waals surface area contributed by atoms with Crippen LogP contribution in [0.4, 0.5) is 4.79 Å². The molecule has 5 aromatic rings. The zero-order valence-electron chi connectivity index (χ0n) is 32.3. The maximum absolute atomic E-state index is 13.7. The number of carbonyl (C=O) groups is 3. The largest absolute Gasteiger partial charge is 0.453 e. The van der Waals surface area contributed by atoms with Crippen molar-refractivity contribution in [2.75, 3.05) is 13.7 Å². The molecule has 3 aromatic heterocycles. The Morgan fingerprint density at radius 3 is 2.04 bits per heavy atom. The quantitative estimate of drug-likeness (QED) is 0.108. The molecular formula is C44H50N8O4. The standard InChI is InChI=1S/C44H50N8O4/c1-27(2)38(50-43(55)56-3)42(54)52-23-7-11-37(52)40-47-26-36(49-40)31-18-14-29(15-19-31)28-12-16-30(17-13-28)35-25-46-39(48-35)33-9-4-5-10-34(33)41(53)51-44(20-21-44)32-8-6-22-45-24-32/h6,8,12-19,22,24-27,33-34,37-38H,4-5,7,9-11,20-21,23H2,1-3H3,(H,46,48)(H,47,49)(H,50,55)(H,51,53)/t33-,34-,37-,38?/m0/s1. The lowest BCUT2D eigenvalue weighted by atomic mass is 9.78. The van der Waals surface area contributed by atoms with Gasteiger partial charge in [-0.15, -0.1) is 0 Å². The van der Waals surface area contributed by atoms with E-state index < -0.39 is 12.1 Å². The molecule has 8 rings (SSSR count). The molecule has 12 heteroatoms. The van der Waals surface area contributed by atoms with E-state index >= 15 is 0 Å². The number of alkyl carbamates (subject to hydrolysis) is 1. The van der Waals surface area contributed by atoms with Crippen molar-refractivity contribution in [2.24, 2.45) is 11.8 Å². The number of nitrogens with one attached hydrogen (secondary N) is 4. The van der Waals surface area contributed by atoms with Crippen LogP contribution in [0, 0.1) is 11.8 Å². The van der Waals surface area contributed by atoms with E-state index in [9.17, 15) is 14.4 Å². The summed E-state index contributed by atoms with van der Waals surface area (Å²) in [5, 5.41) is 6.11. The number of amides is 3. The van der Waals surface area contributed by atoms with Crippen LogP contribution < -0.4 is 10.6 Å². The molecule has 12 nitrogen and oxygen atoms in total. The molecule has 1 saturated heterocycles. The zero-order valence-corrected chi connectivity index (χ0v) is 32.3. The molecule has 2 aliphatic carbocycles. The second-order valence-electron chi connectivity index (χ2n) is 15.9. The van der Waals surface area contributed by atoms with E-state index in [1.807, 2.05) is 43.4 Å². The molecule has 0 bridgehead atoms. The van der Waals surface area contributed by atoms with Crippen LogP contribution >= 0.6 is 0 Å². The number of benzene rings is 2. The Kier molecular flexibility index (Phi) is 10.5. The summed E-state index contributed by atoms with van der Waals surface area (Å²) < 4.78 is 4.76. The van der Waals surface area contributed by atoms with Crippen molar-refractivity contribution < 1.29 is 19.1 Å². The number of H-pyrrole nitrogens is 2. The first-order valence-electron chi connectivity index (χ1n) is 19.9. The number of nitrogens with zero attached hydrogens (tertiary/aromatic N) is 4. The van der Waals surface area contributed by atoms with Crippen LogP contribution in [-0.4, -0.2) is 67.4 Å². The number of hydrogen-bond donors (Lipinski definition) is 4. The van der Waals surface area contributed by atoms with E-state index in [1.54, 1.807) is 6.20 Å². The number of aromatic amines is 2. The van der Waals surface area contributed by atoms with Crippen molar-refractivity contribution in [1.29, 1.82) is 0 Å². The monoisotopic (exact) mass is 754 g/mol. The molecule has 0 spiro atoms. The highest BCUT2D eigenvalue weighted by molar-refractivity contribution is 5.86. The summed E-state index contributed by atoms with van der Waals surface area (Å²) in [6, 6.07) is 19.9. The molecule has 4 heterocycles. The van der Waals surface area contributed by atoms with E-state index in [0.717, 1.165) is 102 Å².